The molecule has 33 heavy (non-hydrogen) atoms. The second kappa shape index (κ2) is 10.0. The summed E-state index contributed by atoms with van der Waals surface area (Å²) in [5.41, 5.74) is 2.85. The van der Waals surface area contributed by atoms with Crippen LogP contribution in [0.1, 0.15) is 37.5 Å². The van der Waals surface area contributed by atoms with Crippen LogP contribution in [0.3, 0.4) is 0 Å². The number of ether oxygens (including phenoxy) is 1. The molecule has 0 atom stereocenters. The third-order valence-electron chi connectivity index (χ3n) is 5.91. The standard InChI is InChI=1S/C22H35FN4O5S/c1-16-18(15-25-10-12-27(13-11-25)21(28)31-22(3,4)5)14-19(32-33(23,29)30)17(2)20(16)26-8-6-24-7-9-26/h14,24H,6-13,15H2,1-5H3. The van der Waals surface area contributed by atoms with Gasteiger partial charge >= 0.3 is 16.6 Å². The second-order valence-electron chi connectivity index (χ2n) is 9.59. The molecule has 0 saturated carbocycles. The van der Waals surface area contributed by atoms with Crippen LogP contribution in [0.5, 0.6) is 5.75 Å². The molecule has 2 aliphatic rings. The average Bonchev–Trinajstić information content (AvgIpc) is 2.71. The normalized spacial score (nSPS) is 18.4. The van der Waals surface area contributed by atoms with Gasteiger partial charge in [-0.2, -0.15) is 8.42 Å². The summed E-state index contributed by atoms with van der Waals surface area (Å²) in [6, 6.07) is 1.62. The van der Waals surface area contributed by atoms with E-state index in [1.807, 2.05) is 27.7 Å². The summed E-state index contributed by atoms with van der Waals surface area (Å²) >= 11 is 0. The summed E-state index contributed by atoms with van der Waals surface area (Å²) < 4.78 is 46.1. The van der Waals surface area contributed by atoms with E-state index in [4.69, 9.17) is 8.92 Å². The Morgan fingerprint density at radius 1 is 1.06 bits per heavy atom. The molecule has 9 nitrogen and oxygen atoms in total. The Kier molecular flexibility index (Phi) is 7.75. The number of nitrogens with one attached hydrogen (secondary N) is 1. The van der Waals surface area contributed by atoms with Gasteiger partial charge in [-0.25, -0.2) is 4.79 Å². The molecule has 1 aromatic carbocycles. The van der Waals surface area contributed by atoms with E-state index < -0.39 is 16.1 Å². The zero-order valence-corrected chi connectivity index (χ0v) is 20.9. The van der Waals surface area contributed by atoms with Crippen LogP contribution in [0.25, 0.3) is 0 Å². The van der Waals surface area contributed by atoms with E-state index in [1.54, 1.807) is 17.9 Å². The monoisotopic (exact) mass is 486 g/mol. The lowest BCUT2D eigenvalue weighted by Crippen LogP contribution is -2.49. The summed E-state index contributed by atoms with van der Waals surface area (Å²) in [6.45, 7) is 15.3. The average molecular weight is 487 g/mol. The Labute approximate surface area is 196 Å². The van der Waals surface area contributed by atoms with Gasteiger partial charge in [0.25, 0.3) is 0 Å². The van der Waals surface area contributed by atoms with E-state index in [0.29, 0.717) is 38.3 Å². The van der Waals surface area contributed by atoms with Gasteiger partial charge in [-0.1, -0.05) is 3.89 Å². The zero-order valence-electron chi connectivity index (χ0n) is 20.1. The molecule has 1 aromatic rings. The van der Waals surface area contributed by atoms with E-state index in [-0.39, 0.29) is 11.8 Å². The lowest BCUT2D eigenvalue weighted by atomic mass is 9.99. The third kappa shape index (κ3) is 6.94. The Bertz CT molecular complexity index is 966. The molecule has 0 aromatic heterocycles. The molecule has 1 N–H and O–H groups in total. The van der Waals surface area contributed by atoms with Crippen molar-refractivity contribution in [3.8, 4) is 5.75 Å². The topological polar surface area (TPSA) is 91.4 Å². The van der Waals surface area contributed by atoms with Crippen molar-refractivity contribution in [3.05, 3.63) is 22.8 Å². The minimum absolute atomic E-state index is 0.0130. The molecule has 2 fully saturated rings. The first-order valence-electron chi connectivity index (χ1n) is 11.3. The van der Waals surface area contributed by atoms with E-state index in [2.05, 4.69) is 15.1 Å². The van der Waals surface area contributed by atoms with Crippen LogP contribution in [0, 0.1) is 13.8 Å². The van der Waals surface area contributed by atoms with Crippen LogP contribution in [0.2, 0.25) is 0 Å². The SMILES string of the molecule is Cc1c(CN2CCN(C(=O)OC(C)(C)C)CC2)cc(OS(=O)(=O)F)c(C)c1N1CCNCC1. The smallest absolute Gasteiger partial charge is 0.444 e. The van der Waals surface area contributed by atoms with Crippen molar-refractivity contribution in [3.63, 3.8) is 0 Å². The Hall–Kier alpha value is -2.11. The Morgan fingerprint density at radius 2 is 1.67 bits per heavy atom. The lowest BCUT2D eigenvalue weighted by Gasteiger charge is -2.37. The second-order valence-corrected chi connectivity index (χ2v) is 10.5. The van der Waals surface area contributed by atoms with Crippen molar-refractivity contribution >= 4 is 22.3 Å². The fourth-order valence-electron chi connectivity index (χ4n) is 4.30. The number of carbonyl (C=O) groups excluding carboxylic acids is 1. The van der Waals surface area contributed by atoms with Crippen molar-refractivity contribution < 1.29 is 26.0 Å². The van der Waals surface area contributed by atoms with Gasteiger partial charge in [0, 0.05) is 70.2 Å². The van der Waals surface area contributed by atoms with Crippen LogP contribution in [-0.2, 0) is 21.8 Å². The van der Waals surface area contributed by atoms with Crippen molar-refractivity contribution in [2.75, 3.05) is 57.3 Å². The van der Waals surface area contributed by atoms with Crippen LogP contribution < -0.4 is 14.4 Å². The summed E-state index contributed by atoms with van der Waals surface area (Å²) in [5, 5.41) is 3.30. The van der Waals surface area contributed by atoms with E-state index in [1.165, 1.54) is 0 Å². The van der Waals surface area contributed by atoms with Gasteiger partial charge in [-0.05, 0) is 51.8 Å². The summed E-state index contributed by atoms with van der Waals surface area (Å²) in [4.78, 5) is 18.4. The van der Waals surface area contributed by atoms with Gasteiger partial charge in [0.2, 0.25) is 0 Å². The number of halogens is 1. The number of piperazine rings is 2. The summed E-state index contributed by atoms with van der Waals surface area (Å²) in [6.07, 6.45) is -0.321. The molecule has 0 radical (unpaired) electrons. The first-order chi connectivity index (χ1) is 15.3. The molecule has 0 unspecified atom stereocenters. The minimum atomic E-state index is -5.14. The largest absolute Gasteiger partial charge is 0.488 e. The van der Waals surface area contributed by atoms with Crippen LogP contribution >= 0.6 is 0 Å². The maximum Gasteiger partial charge on any atom is 0.488 e. The van der Waals surface area contributed by atoms with E-state index in [0.717, 1.165) is 43.0 Å². The molecule has 2 aliphatic heterocycles. The molecule has 0 spiro atoms. The predicted molar refractivity (Wildman–Crippen MR) is 125 cm³/mol. The molecular formula is C22H35FN4O5S. The number of amides is 1. The van der Waals surface area contributed by atoms with Crippen molar-refractivity contribution in [1.29, 1.82) is 0 Å². The number of hydrogen-bond donors (Lipinski definition) is 1. The maximum atomic E-state index is 13.4. The molecule has 1 amide bonds. The predicted octanol–water partition coefficient (Wildman–Crippen LogP) is 2.36. The van der Waals surface area contributed by atoms with E-state index in [9.17, 15) is 17.1 Å². The molecule has 0 aliphatic carbocycles. The third-order valence-corrected chi connectivity index (χ3v) is 6.29. The molecular weight excluding hydrogens is 451 g/mol. The first kappa shape index (κ1) is 25.5. The molecule has 186 valence electrons. The highest BCUT2D eigenvalue weighted by molar-refractivity contribution is 7.81. The summed E-state index contributed by atoms with van der Waals surface area (Å²) in [5.74, 6) is 0.0130. The van der Waals surface area contributed by atoms with Gasteiger partial charge in [0.05, 0.1) is 0 Å². The van der Waals surface area contributed by atoms with Crippen molar-refractivity contribution in [1.82, 2.24) is 15.1 Å². The van der Waals surface area contributed by atoms with Crippen molar-refractivity contribution in [2.24, 2.45) is 0 Å². The number of anilines is 1. The Morgan fingerprint density at radius 3 is 2.21 bits per heavy atom. The van der Waals surface area contributed by atoms with Crippen LogP contribution in [-0.4, -0.2) is 82.3 Å². The van der Waals surface area contributed by atoms with Crippen LogP contribution in [0.4, 0.5) is 14.4 Å². The number of nitrogens with zero attached hydrogens (tertiary/aromatic N) is 3. The molecule has 3 rings (SSSR count). The minimum Gasteiger partial charge on any atom is -0.444 e. The quantitative estimate of drug-likeness (QED) is 0.635. The Balaban J connectivity index is 1.79. The summed E-state index contributed by atoms with van der Waals surface area (Å²) in [7, 11) is -5.14. The number of rotatable bonds is 5. The highest BCUT2D eigenvalue weighted by Gasteiger charge is 2.28. The molecule has 2 saturated heterocycles. The van der Waals surface area contributed by atoms with E-state index >= 15 is 0 Å². The van der Waals surface area contributed by atoms with Gasteiger partial charge in [0.15, 0.2) is 5.75 Å². The van der Waals surface area contributed by atoms with Gasteiger partial charge in [-0.15, -0.1) is 0 Å². The number of hydrogen-bond acceptors (Lipinski definition) is 8. The van der Waals surface area contributed by atoms with Gasteiger partial charge in [0.1, 0.15) is 5.60 Å². The zero-order chi connectivity index (χ0) is 24.4. The number of benzene rings is 1. The first-order valence-corrected chi connectivity index (χ1v) is 12.6. The lowest BCUT2D eigenvalue weighted by molar-refractivity contribution is 0.0139. The fourth-order valence-corrected chi connectivity index (χ4v) is 4.69. The highest BCUT2D eigenvalue weighted by Crippen LogP contribution is 2.36. The molecule has 2 heterocycles. The van der Waals surface area contributed by atoms with Crippen molar-refractivity contribution in [2.45, 2.75) is 46.8 Å². The maximum absolute atomic E-state index is 13.4. The number of carbonyl (C=O) groups is 1. The van der Waals surface area contributed by atoms with Gasteiger partial charge < -0.3 is 24.0 Å². The molecule has 11 heteroatoms. The fraction of sp³-hybridized carbons (Fsp3) is 0.682. The van der Waals surface area contributed by atoms with Crippen LogP contribution in [0.15, 0.2) is 6.07 Å². The molecule has 0 bridgehead atoms. The highest BCUT2D eigenvalue weighted by atomic mass is 32.3. The van der Waals surface area contributed by atoms with Gasteiger partial charge in [-0.3, -0.25) is 4.90 Å².